The van der Waals surface area contributed by atoms with E-state index < -0.39 is 0 Å². The van der Waals surface area contributed by atoms with Crippen LogP contribution in [0.1, 0.15) is 16.6 Å². The molecule has 0 aliphatic rings. The SMILES string of the molecule is CCOc1cccc2cc(-c3csc(NC(=O)c4ccc(Cl)s4)n3)oc12. The number of nitrogens with one attached hydrogen (secondary N) is 1. The Hall–Kier alpha value is -2.35. The van der Waals surface area contributed by atoms with E-state index in [1.54, 1.807) is 12.1 Å². The van der Waals surface area contributed by atoms with Crippen molar-refractivity contribution in [1.29, 1.82) is 0 Å². The van der Waals surface area contributed by atoms with Crippen molar-refractivity contribution in [2.75, 3.05) is 11.9 Å². The molecule has 0 fully saturated rings. The summed E-state index contributed by atoms with van der Waals surface area (Å²) in [5, 5.41) is 6.07. The van der Waals surface area contributed by atoms with Crippen molar-refractivity contribution in [2.24, 2.45) is 0 Å². The number of nitrogens with zero attached hydrogens (tertiary/aromatic N) is 1. The number of benzene rings is 1. The molecule has 0 bridgehead atoms. The molecule has 0 aliphatic heterocycles. The summed E-state index contributed by atoms with van der Waals surface area (Å²) >= 11 is 8.43. The Balaban J connectivity index is 1.59. The molecule has 1 N–H and O–H groups in total. The Morgan fingerprint density at radius 1 is 1.35 bits per heavy atom. The molecule has 8 heteroatoms. The summed E-state index contributed by atoms with van der Waals surface area (Å²) in [6.07, 6.45) is 0. The minimum absolute atomic E-state index is 0.231. The van der Waals surface area contributed by atoms with Crippen molar-refractivity contribution in [2.45, 2.75) is 6.92 Å². The van der Waals surface area contributed by atoms with Crippen molar-refractivity contribution in [3.8, 4) is 17.2 Å². The van der Waals surface area contributed by atoms with Crippen LogP contribution in [-0.4, -0.2) is 17.5 Å². The number of thiophene rings is 1. The predicted octanol–water partition coefficient (Wildman–Crippen LogP) is 5.92. The van der Waals surface area contributed by atoms with Gasteiger partial charge in [0.2, 0.25) is 0 Å². The number of hydrogen-bond donors (Lipinski definition) is 1. The average Bonchev–Trinajstić information content (AvgIpc) is 3.34. The molecule has 0 saturated carbocycles. The molecule has 0 saturated heterocycles. The number of para-hydroxylation sites is 1. The lowest BCUT2D eigenvalue weighted by Crippen LogP contribution is -2.09. The number of amides is 1. The molecule has 4 rings (SSSR count). The average molecular weight is 405 g/mol. The summed E-state index contributed by atoms with van der Waals surface area (Å²) in [6.45, 7) is 2.49. The van der Waals surface area contributed by atoms with Crippen LogP contribution in [0.15, 0.2) is 46.2 Å². The van der Waals surface area contributed by atoms with Crippen molar-refractivity contribution in [3.05, 3.63) is 51.0 Å². The lowest BCUT2D eigenvalue weighted by Gasteiger charge is -2.02. The highest BCUT2D eigenvalue weighted by Gasteiger charge is 2.15. The topological polar surface area (TPSA) is 64.4 Å². The molecule has 26 heavy (non-hydrogen) atoms. The molecular formula is C18H13ClN2O3S2. The lowest BCUT2D eigenvalue weighted by atomic mass is 10.2. The van der Waals surface area contributed by atoms with Crippen LogP contribution >= 0.6 is 34.3 Å². The number of fused-ring (bicyclic) bond motifs is 1. The number of rotatable bonds is 5. The van der Waals surface area contributed by atoms with Gasteiger partial charge >= 0.3 is 0 Å². The maximum atomic E-state index is 12.2. The maximum absolute atomic E-state index is 12.2. The van der Waals surface area contributed by atoms with Gasteiger partial charge in [0.1, 0.15) is 5.69 Å². The highest BCUT2D eigenvalue weighted by molar-refractivity contribution is 7.18. The minimum atomic E-state index is -0.231. The third-order valence-corrected chi connectivity index (χ3v) is 5.57. The van der Waals surface area contributed by atoms with Crippen LogP contribution in [-0.2, 0) is 0 Å². The first-order valence-corrected chi connectivity index (χ1v) is 9.89. The van der Waals surface area contributed by atoms with Crippen LogP contribution in [0, 0.1) is 0 Å². The van der Waals surface area contributed by atoms with Crippen LogP contribution < -0.4 is 10.1 Å². The number of carbonyl (C=O) groups excluding carboxylic acids is 1. The fourth-order valence-corrected chi connectivity index (χ4v) is 4.10. The van der Waals surface area contributed by atoms with Crippen LogP contribution in [0.3, 0.4) is 0 Å². The number of anilines is 1. The van der Waals surface area contributed by atoms with Gasteiger partial charge in [-0.25, -0.2) is 4.98 Å². The van der Waals surface area contributed by atoms with Crippen LogP contribution in [0.25, 0.3) is 22.4 Å². The van der Waals surface area contributed by atoms with Crippen LogP contribution in [0.2, 0.25) is 4.34 Å². The Bertz CT molecular complexity index is 1080. The summed E-state index contributed by atoms with van der Waals surface area (Å²) < 4.78 is 12.1. The van der Waals surface area contributed by atoms with Gasteiger partial charge in [0, 0.05) is 10.8 Å². The fourth-order valence-electron chi connectivity index (χ4n) is 2.47. The Kier molecular flexibility index (Phi) is 4.67. The third-order valence-electron chi connectivity index (χ3n) is 3.58. The van der Waals surface area contributed by atoms with Gasteiger partial charge in [-0.1, -0.05) is 23.7 Å². The standard InChI is InChI=1S/C18H13ClN2O3S2/c1-2-23-12-5-3-4-10-8-13(24-16(10)12)11-9-25-18(20-11)21-17(22)14-6-7-15(19)26-14/h3-9H,2H2,1H3,(H,20,21,22). The maximum Gasteiger partial charge on any atom is 0.267 e. The van der Waals surface area contributed by atoms with E-state index in [2.05, 4.69) is 10.3 Å². The van der Waals surface area contributed by atoms with Crippen LogP contribution in [0.4, 0.5) is 5.13 Å². The van der Waals surface area contributed by atoms with E-state index in [0.717, 1.165) is 5.39 Å². The molecule has 0 atom stereocenters. The second-order valence-corrected chi connectivity index (χ2v) is 7.89. The molecule has 3 aromatic heterocycles. The number of halogens is 1. The zero-order valence-corrected chi connectivity index (χ0v) is 16.0. The minimum Gasteiger partial charge on any atom is -0.490 e. The Morgan fingerprint density at radius 3 is 3.00 bits per heavy atom. The molecule has 0 unspecified atom stereocenters. The predicted molar refractivity (Wildman–Crippen MR) is 106 cm³/mol. The van der Waals surface area contributed by atoms with Gasteiger partial charge in [-0.2, -0.15) is 0 Å². The van der Waals surface area contributed by atoms with E-state index in [0.29, 0.717) is 43.7 Å². The highest BCUT2D eigenvalue weighted by atomic mass is 35.5. The first-order valence-electron chi connectivity index (χ1n) is 7.82. The summed E-state index contributed by atoms with van der Waals surface area (Å²) in [4.78, 5) is 17.2. The summed E-state index contributed by atoms with van der Waals surface area (Å²) in [5.41, 5.74) is 1.35. The normalized spacial score (nSPS) is 11.0. The largest absolute Gasteiger partial charge is 0.490 e. The number of carbonyl (C=O) groups is 1. The summed E-state index contributed by atoms with van der Waals surface area (Å²) in [5.74, 6) is 1.10. The smallest absolute Gasteiger partial charge is 0.267 e. The van der Waals surface area contributed by atoms with E-state index in [9.17, 15) is 4.79 Å². The molecule has 0 spiro atoms. The van der Waals surface area contributed by atoms with Gasteiger partial charge in [0.05, 0.1) is 15.8 Å². The second kappa shape index (κ2) is 7.11. The van der Waals surface area contributed by atoms with Gasteiger partial charge in [-0.05, 0) is 31.2 Å². The van der Waals surface area contributed by atoms with Crippen molar-refractivity contribution in [1.82, 2.24) is 4.98 Å². The van der Waals surface area contributed by atoms with E-state index in [1.807, 2.05) is 36.6 Å². The molecule has 132 valence electrons. The van der Waals surface area contributed by atoms with E-state index in [4.69, 9.17) is 20.8 Å². The monoisotopic (exact) mass is 404 g/mol. The number of hydrogen-bond acceptors (Lipinski definition) is 6. The number of ether oxygens (including phenoxy) is 1. The van der Waals surface area contributed by atoms with Gasteiger partial charge in [-0.3, -0.25) is 10.1 Å². The summed E-state index contributed by atoms with van der Waals surface area (Å²) in [6, 6.07) is 11.0. The van der Waals surface area contributed by atoms with Gasteiger partial charge < -0.3 is 9.15 Å². The quantitative estimate of drug-likeness (QED) is 0.448. The first kappa shape index (κ1) is 17.1. The molecule has 1 amide bonds. The van der Waals surface area contributed by atoms with Gasteiger partial charge in [0.15, 0.2) is 22.2 Å². The molecule has 5 nitrogen and oxygen atoms in total. The molecule has 3 heterocycles. The van der Waals surface area contributed by atoms with Crippen molar-refractivity contribution >= 4 is 56.3 Å². The highest BCUT2D eigenvalue weighted by Crippen LogP contribution is 2.34. The molecule has 4 aromatic rings. The number of thiazole rings is 1. The van der Waals surface area contributed by atoms with Crippen molar-refractivity contribution in [3.63, 3.8) is 0 Å². The van der Waals surface area contributed by atoms with E-state index >= 15 is 0 Å². The Morgan fingerprint density at radius 2 is 2.23 bits per heavy atom. The Labute approximate surface area is 162 Å². The van der Waals surface area contributed by atoms with Crippen LogP contribution in [0.5, 0.6) is 5.75 Å². The lowest BCUT2D eigenvalue weighted by molar-refractivity contribution is 0.103. The van der Waals surface area contributed by atoms with Gasteiger partial charge in [-0.15, -0.1) is 22.7 Å². The third kappa shape index (κ3) is 3.33. The zero-order valence-electron chi connectivity index (χ0n) is 13.6. The second-order valence-electron chi connectivity index (χ2n) is 5.31. The van der Waals surface area contributed by atoms with E-state index in [1.165, 1.54) is 22.7 Å². The molecule has 1 aromatic carbocycles. The van der Waals surface area contributed by atoms with Crippen molar-refractivity contribution < 1.29 is 13.9 Å². The van der Waals surface area contributed by atoms with E-state index in [-0.39, 0.29) is 5.91 Å². The molecule has 0 radical (unpaired) electrons. The fraction of sp³-hybridized carbons (Fsp3) is 0.111. The number of furan rings is 1. The number of aromatic nitrogens is 1. The first-order chi connectivity index (χ1) is 12.6. The molecular weight excluding hydrogens is 392 g/mol. The zero-order chi connectivity index (χ0) is 18.1. The van der Waals surface area contributed by atoms with Gasteiger partial charge in [0.25, 0.3) is 5.91 Å². The summed E-state index contributed by atoms with van der Waals surface area (Å²) in [7, 11) is 0. The molecule has 0 aliphatic carbocycles.